The smallest absolute Gasteiger partial charge is 0.123 e. The molecule has 0 bridgehead atoms. The van der Waals surface area contributed by atoms with Crippen LogP contribution in [0.3, 0.4) is 0 Å². The predicted molar refractivity (Wildman–Crippen MR) is 87.2 cm³/mol. The average Bonchev–Trinajstić information content (AvgIpc) is 2.91. The van der Waals surface area contributed by atoms with Crippen molar-refractivity contribution in [2.24, 2.45) is 5.41 Å². The molecule has 3 rings (SSSR count). The third kappa shape index (κ3) is 3.21. The zero-order valence-corrected chi connectivity index (χ0v) is 13.0. The van der Waals surface area contributed by atoms with E-state index in [1.807, 2.05) is 11.6 Å². The molecule has 0 saturated heterocycles. The molecule has 1 N–H and O–H groups in total. The number of hydrogen-bond donors (Lipinski definition) is 1. The zero-order chi connectivity index (χ0) is 14.0. The highest BCUT2D eigenvalue weighted by atomic mass is 32.1. The number of benzene rings is 1. The van der Waals surface area contributed by atoms with Crippen molar-refractivity contribution in [1.29, 1.82) is 0 Å². The van der Waals surface area contributed by atoms with Crippen LogP contribution in [0.15, 0.2) is 35.8 Å². The van der Waals surface area contributed by atoms with Gasteiger partial charge in [-0.2, -0.15) is 0 Å². The number of hydrogen-bond acceptors (Lipinski definition) is 3. The second-order valence-corrected chi connectivity index (χ2v) is 7.41. The fourth-order valence-electron chi connectivity index (χ4n) is 3.17. The molecular formula is C17H22N2S. The maximum absolute atomic E-state index is 4.39. The third-order valence-corrected chi connectivity index (χ3v) is 4.94. The molecule has 0 spiro atoms. The molecule has 20 heavy (non-hydrogen) atoms. The fourth-order valence-corrected chi connectivity index (χ4v) is 3.80. The summed E-state index contributed by atoms with van der Waals surface area (Å²) in [5.41, 5.74) is 2.91. The van der Waals surface area contributed by atoms with Gasteiger partial charge in [-0.05, 0) is 36.8 Å². The summed E-state index contributed by atoms with van der Waals surface area (Å²) in [6.07, 6.45) is 7.09. The summed E-state index contributed by atoms with van der Waals surface area (Å²) in [5, 5.41) is 6.84. The maximum atomic E-state index is 4.39. The lowest BCUT2D eigenvalue weighted by molar-refractivity contribution is 0.229. The van der Waals surface area contributed by atoms with Crippen LogP contribution < -0.4 is 5.32 Å². The van der Waals surface area contributed by atoms with Crippen LogP contribution in [0.5, 0.6) is 0 Å². The van der Waals surface area contributed by atoms with Gasteiger partial charge in [-0.3, -0.25) is 0 Å². The van der Waals surface area contributed by atoms with Gasteiger partial charge in [0.15, 0.2) is 0 Å². The van der Waals surface area contributed by atoms with Gasteiger partial charge in [0.25, 0.3) is 0 Å². The average molecular weight is 286 g/mol. The normalized spacial score (nSPS) is 21.6. The molecule has 1 heterocycles. The van der Waals surface area contributed by atoms with Crippen molar-refractivity contribution in [1.82, 2.24) is 4.98 Å². The second kappa shape index (κ2) is 5.57. The standard InChI is InChI=1S/C17H22N2S/c1-17(2)8-4-7-15(12-17)19-14-6-3-5-13(11-14)16-18-9-10-20-16/h3,5-6,9-11,15,19H,4,7-8,12H2,1-2H3. The number of thiazole rings is 1. The first-order valence-electron chi connectivity index (χ1n) is 7.39. The lowest BCUT2D eigenvalue weighted by atomic mass is 9.75. The van der Waals surface area contributed by atoms with Gasteiger partial charge in [-0.25, -0.2) is 4.98 Å². The molecule has 1 unspecified atom stereocenters. The van der Waals surface area contributed by atoms with E-state index >= 15 is 0 Å². The van der Waals surface area contributed by atoms with Gasteiger partial charge in [0.2, 0.25) is 0 Å². The zero-order valence-electron chi connectivity index (χ0n) is 12.2. The summed E-state index contributed by atoms with van der Waals surface area (Å²) in [6.45, 7) is 4.76. The largest absolute Gasteiger partial charge is 0.382 e. The van der Waals surface area contributed by atoms with Gasteiger partial charge in [0, 0.05) is 28.9 Å². The molecule has 2 aromatic rings. The van der Waals surface area contributed by atoms with Crippen LogP contribution >= 0.6 is 11.3 Å². The first-order valence-corrected chi connectivity index (χ1v) is 8.27. The van der Waals surface area contributed by atoms with Gasteiger partial charge in [-0.15, -0.1) is 11.3 Å². The monoisotopic (exact) mass is 286 g/mol. The molecule has 1 aromatic heterocycles. The first-order chi connectivity index (χ1) is 9.62. The molecule has 3 heteroatoms. The van der Waals surface area contributed by atoms with E-state index in [9.17, 15) is 0 Å². The third-order valence-electron chi connectivity index (χ3n) is 4.12. The van der Waals surface area contributed by atoms with Gasteiger partial charge >= 0.3 is 0 Å². The lowest BCUT2D eigenvalue weighted by Crippen LogP contribution is -2.31. The highest BCUT2D eigenvalue weighted by Crippen LogP contribution is 2.36. The molecule has 0 aliphatic heterocycles. The summed E-state index contributed by atoms with van der Waals surface area (Å²) in [4.78, 5) is 4.39. The number of nitrogens with one attached hydrogen (secondary N) is 1. The molecule has 1 aliphatic carbocycles. The summed E-state index contributed by atoms with van der Waals surface area (Å²) in [6, 6.07) is 9.24. The van der Waals surface area contributed by atoms with Crippen molar-refractivity contribution in [2.45, 2.75) is 45.6 Å². The molecule has 1 atom stereocenters. The molecule has 2 nitrogen and oxygen atoms in total. The van der Waals surface area contributed by atoms with Crippen molar-refractivity contribution < 1.29 is 0 Å². The van der Waals surface area contributed by atoms with Crippen molar-refractivity contribution >= 4 is 17.0 Å². The number of nitrogens with zero attached hydrogens (tertiary/aromatic N) is 1. The Balaban J connectivity index is 1.73. The fraction of sp³-hybridized carbons (Fsp3) is 0.471. The van der Waals surface area contributed by atoms with Crippen molar-refractivity contribution in [3.8, 4) is 10.6 Å². The number of anilines is 1. The van der Waals surface area contributed by atoms with E-state index in [2.05, 4.69) is 48.4 Å². The second-order valence-electron chi connectivity index (χ2n) is 6.52. The number of aromatic nitrogens is 1. The highest BCUT2D eigenvalue weighted by molar-refractivity contribution is 7.13. The van der Waals surface area contributed by atoms with E-state index in [1.165, 1.54) is 36.9 Å². The number of rotatable bonds is 3. The van der Waals surface area contributed by atoms with E-state index in [0.29, 0.717) is 11.5 Å². The van der Waals surface area contributed by atoms with E-state index < -0.39 is 0 Å². The Morgan fingerprint density at radius 2 is 2.25 bits per heavy atom. The Bertz CT molecular complexity index is 560. The molecular weight excluding hydrogens is 264 g/mol. The van der Waals surface area contributed by atoms with Crippen LogP contribution in [0.4, 0.5) is 5.69 Å². The van der Waals surface area contributed by atoms with Gasteiger partial charge in [0.05, 0.1) is 0 Å². The van der Waals surface area contributed by atoms with Crippen molar-refractivity contribution in [3.63, 3.8) is 0 Å². The Hall–Kier alpha value is -1.35. The highest BCUT2D eigenvalue weighted by Gasteiger charge is 2.27. The molecule has 1 aliphatic rings. The minimum absolute atomic E-state index is 0.475. The van der Waals surface area contributed by atoms with Crippen molar-refractivity contribution in [3.05, 3.63) is 35.8 Å². The summed E-state index contributed by atoms with van der Waals surface area (Å²) in [7, 11) is 0. The molecule has 0 radical (unpaired) electrons. The Labute approximate surface area is 125 Å². The summed E-state index contributed by atoms with van der Waals surface area (Å²) >= 11 is 1.69. The minimum atomic E-state index is 0.475. The molecule has 1 fully saturated rings. The van der Waals surface area contributed by atoms with Crippen LogP contribution in [0.25, 0.3) is 10.6 Å². The van der Waals surface area contributed by atoms with Crippen LogP contribution in [0, 0.1) is 5.41 Å². The topological polar surface area (TPSA) is 24.9 Å². The van der Waals surface area contributed by atoms with E-state index in [-0.39, 0.29) is 0 Å². The van der Waals surface area contributed by atoms with E-state index in [4.69, 9.17) is 0 Å². The first kappa shape index (κ1) is 13.6. The Morgan fingerprint density at radius 1 is 1.35 bits per heavy atom. The predicted octanol–water partition coefficient (Wildman–Crippen LogP) is 5.19. The quantitative estimate of drug-likeness (QED) is 0.839. The molecule has 0 amide bonds. The van der Waals surface area contributed by atoms with Crippen LogP contribution in [0.2, 0.25) is 0 Å². The summed E-state index contributed by atoms with van der Waals surface area (Å²) < 4.78 is 0. The Morgan fingerprint density at radius 3 is 3.00 bits per heavy atom. The van der Waals surface area contributed by atoms with Crippen LogP contribution in [-0.4, -0.2) is 11.0 Å². The van der Waals surface area contributed by atoms with Crippen LogP contribution in [-0.2, 0) is 0 Å². The molecule has 106 valence electrons. The summed E-state index contributed by atoms with van der Waals surface area (Å²) in [5.74, 6) is 0. The molecule has 1 saturated carbocycles. The minimum Gasteiger partial charge on any atom is -0.382 e. The van der Waals surface area contributed by atoms with Gasteiger partial charge in [-0.1, -0.05) is 32.4 Å². The van der Waals surface area contributed by atoms with Crippen LogP contribution in [0.1, 0.15) is 39.5 Å². The maximum Gasteiger partial charge on any atom is 0.123 e. The molecule has 1 aromatic carbocycles. The van der Waals surface area contributed by atoms with E-state index in [0.717, 1.165) is 5.01 Å². The van der Waals surface area contributed by atoms with Gasteiger partial charge < -0.3 is 5.32 Å². The van der Waals surface area contributed by atoms with Crippen molar-refractivity contribution in [2.75, 3.05) is 5.32 Å². The Kier molecular flexibility index (Phi) is 3.79. The SMILES string of the molecule is CC1(C)CCCC(Nc2cccc(-c3nccs3)c2)C1. The lowest BCUT2D eigenvalue weighted by Gasteiger charge is -2.36. The van der Waals surface area contributed by atoms with Gasteiger partial charge in [0.1, 0.15) is 5.01 Å². The van der Waals surface area contributed by atoms with E-state index in [1.54, 1.807) is 11.3 Å².